The van der Waals surface area contributed by atoms with Gasteiger partial charge in [-0.1, -0.05) is 19.6 Å². The van der Waals surface area contributed by atoms with E-state index in [9.17, 15) is 4.79 Å². The van der Waals surface area contributed by atoms with Gasteiger partial charge in [0.25, 0.3) is 0 Å². The number of nitrogens with zero attached hydrogens (tertiary/aromatic N) is 2. The van der Waals surface area contributed by atoms with Crippen molar-refractivity contribution in [1.82, 2.24) is 9.13 Å². The smallest absolute Gasteiger partial charge is 0.220 e. The highest BCUT2D eigenvalue weighted by Crippen LogP contribution is 2.19. The SMILES string of the molecule is CN(C)C(=O)[Si](C)(C)N(C)[Si](C)(C)C. The first kappa shape index (κ1) is 13.9. The van der Waals surface area contributed by atoms with Crippen molar-refractivity contribution >= 4 is 22.0 Å². The van der Waals surface area contributed by atoms with Gasteiger partial charge in [-0.2, -0.15) is 0 Å². The molecular weight excluding hydrogens is 208 g/mol. The van der Waals surface area contributed by atoms with Crippen LogP contribution in [-0.4, -0.2) is 52.3 Å². The van der Waals surface area contributed by atoms with E-state index in [1.807, 2.05) is 14.1 Å². The quantitative estimate of drug-likeness (QED) is 0.697. The number of amides is 1. The fraction of sp³-hybridized carbons (Fsp3) is 0.889. The highest BCUT2D eigenvalue weighted by molar-refractivity contribution is 7.07. The molecule has 3 nitrogen and oxygen atoms in total. The van der Waals surface area contributed by atoms with Crippen molar-refractivity contribution in [2.45, 2.75) is 32.7 Å². The number of carbonyl (C=O) groups excluding carboxylic acids is 1. The Kier molecular flexibility index (Phi) is 4.12. The summed E-state index contributed by atoms with van der Waals surface area (Å²) in [6.45, 7) is 11.1. The Balaban J connectivity index is 4.87. The molecule has 0 aliphatic carbocycles. The zero-order valence-electron chi connectivity index (χ0n) is 10.8. The van der Waals surface area contributed by atoms with Gasteiger partial charge in [0.2, 0.25) is 13.8 Å². The van der Waals surface area contributed by atoms with Crippen LogP contribution >= 0.6 is 0 Å². The average molecular weight is 232 g/mol. The molecule has 0 bridgehead atoms. The lowest BCUT2D eigenvalue weighted by molar-refractivity contribution is 0.236. The van der Waals surface area contributed by atoms with E-state index >= 15 is 0 Å². The molecule has 84 valence electrons. The van der Waals surface area contributed by atoms with E-state index in [0.29, 0.717) is 5.53 Å². The van der Waals surface area contributed by atoms with Crippen LogP contribution in [0.4, 0.5) is 4.79 Å². The van der Waals surface area contributed by atoms with E-state index < -0.39 is 16.5 Å². The molecule has 0 unspecified atom stereocenters. The first-order valence-electron chi connectivity index (χ1n) is 4.97. The molecule has 0 spiro atoms. The molecule has 0 aliphatic heterocycles. The summed E-state index contributed by atoms with van der Waals surface area (Å²) in [5.74, 6) is 0. The lowest BCUT2D eigenvalue weighted by Crippen LogP contribution is -2.64. The number of hydrogen-bond acceptors (Lipinski definition) is 2. The maximum atomic E-state index is 12.0. The van der Waals surface area contributed by atoms with Crippen LogP contribution in [0.1, 0.15) is 0 Å². The lowest BCUT2D eigenvalue weighted by Gasteiger charge is -2.41. The Morgan fingerprint density at radius 1 is 0.929 bits per heavy atom. The molecule has 0 rings (SSSR count). The van der Waals surface area contributed by atoms with Crippen molar-refractivity contribution in [3.8, 4) is 0 Å². The second-order valence-electron chi connectivity index (χ2n) is 5.49. The van der Waals surface area contributed by atoms with Crippen LogP contribution in [0.2, 0.25) is 32.7 Å². The molecule has 14 heavy (non-hydrogen) atoms. The summed E-state index contributed by atoms with van der Waals surface area (Å²) in [6.07, 6.45) is 0. The summed E-state index contributed by atoms with van der Waals surface area (Å²) in [7, 11) is 2.51. The van der Waals surface area contributed by atoms with Crippen molar-refractivity contribution in [2.75, 3.05) is 21.1 Å². The summed E-state index contributed by atoms with van der Waals surface area (Å²) in [5.41, 5.74) is 0.308. The fourth-order valence-corrected chi connectivity index (χ4v) is 9.91. The molecule has 1 amide bonds. The first-order valence-corrected chi connectivity index (χ1v) is 11.4. The minimum atomic E-state index is -1.93. The van der Waals surface area contributed by atoms with Crippen molar-refractivity contribution < 1.29 is 4.79 Å². The Morgan fingerprint density at radius 3 is 1.50 bits per heavy atom. The Bertz CT molecular complexity index is 221. The van der Waals surface area contributed by atoms with Gasteiger partial charge in [0.05, 0.1) is 0 Å². The van der Waals surface area contributed by atoms with Crippen LogP contribution in [0.5, 0.6) is 0 Å². The molecule has 0 aromatic heterocycles. The average Bonchev–Trinajstić information content (AvgIpc) is 1.99. The lowest BCUT2D eigenvalue weighted by atomic mass is 11.0. The van der Waals surface area contributed by atoms with Gasteiger partial charge in [-0.3, -0.25) is 4.79 Å². The molecule has 0 aromatic carbocycles. The summed E-state index contributed by atoms with van der Waals surface area (Å²) in [5, 5.41) is 0. The van der Waals surface area contributed by atoms with Gasteiger partial charge in [0, 0.05) is 14.1 Å². The normalized spacial score (nSPS) is 13.2. The van der Waals surface area contributed by atoms with Crippen LogP contribution < -0.4 is 0 Å². The first-order chi connectivity index (χ1) is 6.01. The summed E-state index contributed by atoms with van der Waals surface area (Å²) in [6, 6.07) is 0. The fourth-order valence-electron chi connectivity index (χ4n) is 1.53. The molecule has 0 saturated carbocycles. The van der Waals surface area contributed by atoms with Crippen molar-refractivity contribution in [1.29, 1.82) is 0 Å². The minimum Gasteiger partial charge on any atom is -0.352 e. The van der Waals surface area contributed by atoms with Gasteiger partial charge in [-0.15, -0.1) is 0 Å². The monoisotopic (exact) mass is 232 g/mol. The summed E-state index contributed by atoms with van der Waals surface area (Å²) >= 11 is 0. The van der Waals surface area contributed by atoms with Gasteiger partial charge in [-0.05, 0) is 20.1 Å². The van der Waals surface area contributed by atoms with E-state index in [1.165, 1.54) is 0 Å². The van der Waals surface area contributed by atoms with Crippen LogP contribution in [0, 0.1) is 0 Å². The second-order valence-corrected chi connectivity index (χ2v) is 15.2. The van der Waals surface area contributed by atoms with E-state index in [4.69, 9.17) is 0 Å². The molecule has 0 aliphatic rings. The third-order valence-corrected chi connectivity index (χ3v) is 11.6. The number of hydrogen-bond donors (Lipinski definition) is 0. The maximum absolute atomic E-state index is 12.0. The number of rotatable bonds is 3. The molecule has 0 heterocycles. The topological polar surface area (TPSA) is 23.6 Å². The van der Waals surface area contributed by atoms with Gasteiger partial charge in [0.1, 0.15) is 8.24 Å². The van der Waals surface area contributed by atoms with Crippen molar-refractivity contribution in [3.63, 3.8) is 0 Å². The van der Waals surface area contributed by atoms with Crippen LogP contribution in [0.3, 0.4) is 0 Å². The van der Waals surface area contributed by atoms with Gasteiger partial charge < -0.3 is 9.13 Å². The third-order valence-electron chi connectivity index (χ3n) is 2.77. The standard InChI is InChI=1S/C9H24N2OSi2/c1-10(2)9(12)14(7,8)11(3)13(4,5)6/h1-8H3. The van der Waals surface area contributed by atoms with E-state index in [2.05, 4.69) is 44.0 Å². The molecule has 0 N–H and O–H groups in total. The van der Waals surface area contributed by atoms with E-state index in [0.717, 1.165) is 0 Å². The van der Waals surface area contributed by atoms with E-state index in [-0.39, 0.29) is 0 Å². The second kappa shape index (κ2) is 4.16. The number of carbonyl (C=O) groups is 1. The third kappa shape index (κ3) is 2.93. The summed E-state index contributed by atoms with van der Waals surface area (Å²) < 4.78 is 2.38. The molecular formula is C9H24N2OSi2. The molecule has 0 fully saturated rings. The Labute approximate surface area is 90.3 Å². The van der Waals surface area contributed by atoms with Gasteiger partial charge >= 0.3 is 0 Å². The Hall–Kier alpha value is -0.136. The highest BCUT2D eigenvalue weighted by atomic mass is 28.4. The van der Waals surface area contributed by atoms with Crippen LogP contribution in [0.25, 0.3) is 0 Å². The maximum Gasteiger partial charge on any atom is 0.220 e. The minimum absolute atomic E-state index is 0.308. The van der Waals surface area contributed by atoms with E-state index in [1.54, 1.807) is 4.90 Å². The highest BCUT2D eigenvalue weighted by Gasteiger charge is 2.42. The van der Waals surface area contributed by atoms with Crippen LogP contribution in [0.15, 0.2) is 0 Å². The molecule has 5 heteroatoms. The van der Waals surface area contributed by atoms with Gasteiger partial charge in [0.15, 0.2) is 0 Å². The summed E-state index contributed by atoms with van der Waals surface area (Å²) in [4.78, 5) is 13.7. The zero-order valence-corrected chi connectivity index (χ0v) is 12.8. The zero-order chi connectivity index (χ0) is 11.7. The predicted molar refractivity (Wildman–Crippen MR) is 67.7 cm³/mol. The van der Waals surface area contributed by atoms with Crippen LogP contribution in [-0.2, 0) is 0 Å². The molecule has 0 aromatic rings. The van der Waals surface area contributed by atoms with Crippen molar-refractivity contribution in [2.24, 2.45) is 0 Å². The molecule has 0 radical (unpaired) electrons. The van der Waals surface area contributed by atoms with Gasteiger partial charge in [-0.25, -0.2) is 0 Å². The molecule has 0 saturated heterocycles. The molecule has 0 atom stereocenters. The predicted octanol–water partition coefficient (Wildman–Crippen LogP) is 2.22. The Morgan fingerprint density at radius 2 is 1.29 bits per heavy atom. The van der Waals surface area contributed by atoms with Crippen molar-refractivity contribution in [3.05, 3.63) is 0 Å². The largest absolute Gasteiger partial charge is 0.352 e.